The van der Waals surface area contributed by atoms with E-state index in [1.54, 1.807) is 30.3 Å². The number of methoxy groups -OCH3 is 1. The summed E-state index contributed by atoms with van der Waals surface area (Å²) in [5, 5.41) is 10.4. The molecule has 5 heteroatoms. The summed E-state index contributed by atoms with van der Waals surface area (Å²) in [5.74, 6) is -0.681. The van der Waals surface area contributed by atoms with E-state index in [1.807, 2.05) is 40.8 Å². The van der Waals surface area contributed by atoms with Crippen LogP contribution < -0.4 is 0 Å². The number of ether oxygens (including phenoxy) is 1. The Morgan fingerprint density at radius 2 is 1.63 bits per heavy atom. The van der Waals surface area contributed by atoms with Crippen molar-refractivity contribution < 1.29 is 14.3 Å². The van der Waals surface area contributed by atoms with Crippen molar-refractivity contribution in [3.8, 4) is 6.07 Å². The first-order chi connectivity index (χ1) is 13.1. The van der Waals surface area contributed by atoms with E-state index in [9.17, 15) is 14.9 Å². The lowest BCUT2D eigenvalue weighted by atomic mass is 10.1. The van der Waals surface area contributed by atoms with Crippen molar-refractivity contribution in [3.63, 3.8) is 0 Å². The van der Waals surface area contributed by atoms with Gasteiger partial charge in [0.15, 0.2) is 0 Å². The number of benzene rings is 2. The molecule has 130 valence electrons. The van der Waals surface area contributed by atoms with Crippen LogP contribution in [0, 0.1) is 11.3 Å². The van der Waals surface area contributed by atoms with Gasteiger partial charge in [-0.25, -0.2) is 4.79 Å². The zero-order valence-corrected chi connectivity index (χ0v) is 14.5. The summed E-state index contributed by atoms with van der Waals surface area (Å²) < 4.78 is 6.49. The molecule has 2 aromatic carbocycles. The van der Waals surface area contributed by atoms with Crippen molar-refractivity contribution in [1.82, 2.24) is 4.40 Å². The molecule has 0 aliphatic heterocycles. The van der Waals surface area contributed by atoms with Crippen molar-refractivity contribution in [2.75, 3.05) is 7.11 Å². The summed E-state index contributed by atoms with van der Waals surface area (Å²) in [6, 6.07) is 21.5. The third kappa shape index (κ3) is 2.64. The number of aromatic nitrogens is 1. The molecule has 0 bridgehead atoms. The fourth-order valence-corrected chi connectivity index (χ4v) is 3.23. The second-order valence-electron chi connectivity index (χ2n) is 6.07. The van der Waals surface area contributed by atoms with Crippen LogP contribution in [0.4, 0.5) is 0 Å². The zero-order valence-electron chi connectivity index (χ0n) is 14.5. The summed E-state index contributed by atoms with van der Waals surface area (Å²) >= 11 is 0. The van der Waals surface area contributed by atoms with Crippen molar-refractivity contribution in [3.05, 3.63) is 89.1 Å². The molecule has 2 heterocycles. The third-order valence-corrected chi connectivity index (χ3v) is 4.56. The van der Waals surface area contributed by atoms with E-state index < -0.39 is 5.97 Å². The zero-order chi connectivity index (χ0) is 19.0. The predicted molar refractivity (Wildman–Crippen MR) is 101 cm³/mol. The number of carbonyl (C=O) groups is 2. The number of nitrogens with zero attached hydrogens (tertiary/aromatic N) is 2. The number of carbonyl (C=O) groups excluding carboxylic acids is 2. The van der Waals surface area contributed by atoms with Crippen LogP contribution in [0.15, 0.2) is 66.7 Å². The van der Waals surface area contributed by atoms with Crippen LogP contribution in [0.5, 0.6) is 0 Å². The molecule has 0 fully saturated rings. The Labute approximate surface area is 155 Å². The van der Waals surface area contributed by atoms with Gasteiger partial charge < -0.3 is 9.14 Å². The minimum atomic E-state index is -0.458. The monoisotopic (exact) mass is 354 g/mol. The van der Waals surface area contributed by atoms with Crippen LogP contribution in [-0.4, -0.2) is 23.3 Å². The van der Waals surface area contributed by atoms with E-state index in [1.165, 1.54) is 7.11 Å². The van der Waals surface area contributed by atoms with Gasteiger partial charge in [0, 0.05) is 5.56 Å². The Bertz CT molecular complexity index is 1240. The first-order valence-electron chi connectivity index (χ1n) is 8.30. The molecule has 2 aromatic heterocycles. The van der Waals surface area contributed by atoms with Gasteiger partial charge in [-0.15, -0.1) is 0 Å². The summed E-state index contributed by atoms with van der Waals surface area (Å²) in [6.45, 7) is 0. The molecular weight excluding hydrogens is 340 g/mol. The van der Waals surface area contributed by atoms with Crippen LogP contribution in [-0.2, 0) is 4.74 Å². The number of esters is 1. The smallest absolute Gasteiger partial charge is 0.337 e. The summed E-state index contributed by atoms with van der Waals surface area (Å²) in [7, 11) is 1.31. The average Bonchev–Trinajstić information content (AvgIpc) is 3.12. The molecule has 0 saturated heterocycles. The molecule has 0 N–H and O–H groups in total. The molecule has 0 unspecified atom stereocenters. The summed E-state index contributed by atoms with van der Waals surface area (Å²) in [6.07, 6.45) is 0. The number of nitriles is 1. The highest BCUT2D eigenvalue weighted by molar-refractivity contribution is 6.10. The highest BCUT2D eigenvalue weighted by Crippen LogP contribution is 2.25. The van der Waals surface area contributed by atoms with Crippen LogP contribution in [0.1, 0.15) is 32.0 Å². The van der Waals surface area contributed by atoms with Gasteiger partial charge in [0.05, 0.1) is 35.0 Å². The Morgan fingerprint density at radius 1 is 0.926 bits per heavy atom. The highest BCUT2D eigenvalue weighted by atomic mass is 16.5. The fourth-order valence-electron chi connectivity index (χ4n) is 3.23. The molecule has 0 amide bonds. The van der Waals surface area contributed by atoms with Gasteiger partial charge in [0.2, 0.25) is 5.78 Å². The molecule has 0 aliphatic rings. The molecule has 5 nitrogen and oxygen atoms in total. The predicted octanol–water partition coefficient (Wildman–Crippen LogP) is 3.98. The lowest BCUT2D eigenvalue weighted by Crippen LogP contribution is -2.07. The van der Waals surface area contributed by atoms with E-state index in [0.717, 1.165) is 10.9 Å². The topological polar surface area (TPSA) is 71.6 Å². The number of ketones is 1. The second-order valence-corrected chi connectivity index (χ2v) is 6.07. The Kier molecular flexibility index (Phi) is 3.94. The summed E-state index contributed by atoms with van der Waals surface area (Å²) in [4.78, 5) is 24.7. The second kappa shape index (κ2) is 6.43. The SMILES string of the molecule is COC(=O)c1ccc(C(=O)c2cc(C#N)c3ccc4ccccc4n23)cc1. The molecule has 0 atom stereocenters. The van der Waals surface area contributed by atoms with Gasteiger partial charge in [-0.3, -0.25) is 4.79 Å². The molecular formula is C22H14N2O3. The maximum absolute atomic E-state index is 13.1. The van der Waals surface area contributed by atoms with Gasteiger partial charge in [-0.2, -0.15) is 5.26 Å². The highest BCUT2D eigenvalue weighted by Gasteiger charge is 2.19. The van der Waals surface area contributed by atoms with Crippen molar-refractivity contribution in [2.45, 2.75) is 0 Å². The van der Waals surface area contributed by atoms with Gasteiger partial charge in [0.1, 0.15) is 6.07 Å². The Morgan fingerprint density at radius 3 is 2.33 bits per heavy atom. The van der Waals surface area contributed by atoms with Crippen LogP contribution in [0.25, 0.3) is 16.4 Å². The van der Waals surface area contributed by atoms with Gasteiger partial charge in [-0.1, -0.05) is 36.4 Å². The van der Waals surface area contributed by atoms with Gasteiger partial charge in [0.25, 0.3) is 0 Å². The first-order valence-corrected chi connectivity index (χ1v) is 8.30. The van der Waals surface area contributed by atoms with Crippen molar-refractivity contribution in [2.24, 2.45) is 0 Å². The minimum Gasteiger partial charge on any atom is -0.465 e. The van der Waals surface area contributed by atoms with Gasteiger partial charge in [-0.05, 0) is 35.7 Å². The van der Waals surface area contributed by atoms with Crippen molar-refractivity contribution in [1.29, 1.82) is 5.26 Å². The number of para-hydroxylation sites is 1. The largest absolute Gasteiger partial charge is 0.465 e. The van der Waals surface area contributed by atoms with E-state index >= 15 is 0 Å². The maximum Gasteiger partial charge on any atom is 0.337 e. The number of hydrogen-bond acceptors (Lipinski definition) is 4. The maximum atomic E-state index is 13.1. The van der Waals surface area contributed by atoms with Crippen LogP contribution in [0.2, 0.25) is 0 Å². The van der Waals surface area contributed by atoms with E-state index in [4.69, 9.17) is 0 Å². The molecule has 0 saturated carbocycles. The lowest BCUT2D eigenvalue weighted by Gasteiger charge is -2.07. The average molecular weight is 354 g/mol. The lowest BCUT2D eigenvalue weighted by molar-refractivity contribution is 0.0600. The van der Waals surface area contributed by atoms with E-state index in [-0.39, 0.29) is 5.78 Å². The van der Waals surface area contributed by atoms with E-state index in [0.29, 0.717) is 27.9 Å². The number of hydrogen-bond donors (Lipinski definition) is 0. The van der Waals surface area contributed by atoms with Crippen molar-refractivity contribution >= 4 is 28.2 Å². The minimum absolute atomic E-state index is 0.223. The molecule has 4 rings (SSSR count). The number of fused-ring (bicyclic) bond motifs is 3. The molecule has 4 aromatic rings. The number of pyridine rings is 1. The number of rotatable bonds is 3. The molecule has 0 radical (unpaired) electrons. The Hall–Kier alpha value is -3.91. The first kappa shape index (κ1) is 16.6. The molecule has 0 aliphatic carbocycles. The van der Waals surface area contributed by atoms with Crippen LogP contribution >= 0.6 is 0 Å². The van der Waals surface area contributed by atoms with Crippen LogP contribution in [0.3, 0.4) is 0 Å². The van der Waals surface area contributed by atoms with Gasteiger partial charge >= 0.3 is 5.97 Å². The van der Waals surface area contributed by atoms with E-state index in [2.05, 4.69) is 10.8 Å². The Balaban J connectivity index is 1.90. The molecule has 0 spiro atoms. The fraction of sp³-hybridized carbons (Fsp3) is 0.0455. The standard InChI is InChI=1S/C22H14N2O3/c1-27-22(26)16-8-6-15(7-9-16)21(25)20-12-17(13-23)19-11-10-14-4-2-3-5-18(14)24(19)20/h2-12H,1H3. The molecule has 27 heavy (non-hydrogen) atoms. The normalized spacial score (nSPS) is 10.7. The quantitative estimate of drug-likeness (QED) is 0.412. The summed E-state index contributed by atoms with van der Waals surface area (Å²) in [5.41, 5.74) is 3.19. The third-order valence-electron chi connectivity index (χ3n) is 4.56.